The first kappa shape index (κ1) is 15.5. The van der Waals surface area contributed by atoms with Gasteiger partial charge in [0.15, 0.2) is 0 Å². The summed E-state index contributed by atoms with van der Waals surface area (Å²) in [6, 6.07) is 0. The van der Waals surface area contributed by atoms with Gasteiger partial charge < -0.3 is 4.74 Å². The van der Waals surface area contributed by atoms with Gasteiger partial charge >= 0.3 is 0 Å². The topological polar surface area (TPSA) is 9.23 Å². The molecule has 0 unspecified atom stereocenters. The van der Waals surface area contributed by atoms with Crippen LogP contribution in [-0.4, -0.2) is 6.10 Å². The van der Waals surface area contributed by atoms with Crippen LogP contribution in [0.3, 0.4) is 0 Å². The summed E-state index contributed by atoms with van der Waals surface area (Å²) in [6.07, 6.45) is 0.269. The molecule has 0 aromatic carbocycles. The van der Waals surface area contributed by atoms with E-state index in [0.29, 0.717) is 17.8 Å². The van der Waals surface area contributed by atoms with Crippen molar-refractivity contribution < 1.29 is 4.74 Å². The average Bonchev–Trinajstić information content (AvgIpc) is 2.11. The first-order chi connectivity index (χ1) is 7.10. The molecule has 0 saturated heterocycles. The fourth-order valence-corrected chi connectivity index (χ4v) is 1.68. The summed E-state index contributed by atoms with van der Waals surface area (Å²) in [4.78, 5) is 0. The van der Waals surface area contributed by atoms with Crippen LogP contribution in [0.25, 0.3) is 0 Å². The van der Waals surface area contributed by atoms with Crippen LogP contribution in [0.5, 0.6) is 0 Å². The summed E-state index contributed by atoms with van der Waals surface area (Å²) in [7, 11) is 0. The number of allylic oxidation sites excluding steroid dienone is 1. The standard InChI is InChI=1S/C15H30O/c1-10(2)14(11(3)4)16-13(7)15(8,9)12(5)6/h10-12,14H,7H2,1-6,8-9H3. The van der Waals surface area contributed by atoms with Crippen molar-refractivity contribution in [2.24, 2.45) is 23.2 Å². The fourth-order valence-electron chi connectivity index (χ4n) is 1.68. The summed E-state index contributed by atoms with van der Waals surface area (Å²) >= 11 is 0. The molecule has 0 aliphatic carbocycles. The van der Waals surface area contributed by atoms with Crippen molar-refractivity contribution in [2.75, 3.05) is 0 Å². The molecule has 1 nitrogen and oxygen atoms in total. The third-order valence-electron chi connectivity index (χ3n) is 3.75. The predicted octanol–water partition coefficient (Wildman–Crippen LogP) is 4.88. The molecule has 0 aliphatic heterocycles. The van der Waals surface area contributed by atoms with Crippen LogP contribution in [0.4, 0.5) is 0 Å². The predicted molar refractivity (Wildman–Crippen MR) is 72.3 cm³/mol. The van der Waals surface area contributed by atoms with E-state index in [9.17, 15) is 0 Å². The summed E-state index contributed by atoms with van der Waals surface area (Å²) in [5.74, 6) is 2.52. The molecule has 1 heteroatoms. The van der Waals surface area contributed by atoms with Crippen molar-refractivity contribution in [3.8, 4) is 0 Å². The Morgan fingerprint density at radius 1 is 0.938 bits per heavy atom. The molecular weight excluding hydrogens is 196 g/mol. The van der Waals surface area contributed by atoms with Crippen molar-refractivity contribution in [3.63, 3.8) is 0 Å². The maximum Gasteiger partial charge on any atom is 0.103 e. The highest BCUT2D eigenvalue weighted by molar-refractivity contribution is 5.01. The molecule has 0 aliphatic rings. The zero-order valence-electron chi connectivity index (χ0n) is 12.4. The van der Waals surface area contributed by atoms with Gasteiger partial charge in [-0.2, -0.15) is 0 Å². The summed E-state index contributed by atoms with van der Waals surface area (Å²) in [6.45, 7) is 21.8. The Morgan fingerprint density at radius 3 is 1.56 bits per heavy atom. The lowest BCUT2D eigenvalue weighted by molar-refractivity contribution is 0.00246. The first-order valence-electron chi connectivity index (χ1n) is 6.46. The highest BCUT2D eigenvalue weighted by atomic mass is 16.5. The molecule has 0 rings (SSSR count). The van der Waals surface area contributed by atoms with E-state index in [1.54, 1.807) is 0 Å². The lowest BCUT2D eigenvalue weighted by Crippen LogP contribution is -2.31. The van der Waals surface area contributed by atoms with Gasteiger partial charge in [0.1, 0.15) is 6.10 Å². The molecule has 0 aromatic rings. The Bertz CT molecular complexity index is 216. The Morgan fingerprint density at radius 2 is 1.31 bits per heavy atom. The molecule has 0 fully saturated rings. The number of hydrogen-bond donors (Lipinski definition) is 0. The second-order valence-corrected chi connectivity index (χ2v) is 6.37. The molecule has 16 heavy (non-hydrogen) atoms. The fraction of sp³-hybridized carbons (Fsp3) is 0.867. The Hall–Kier alpha value is -0.460. The Balaban J connectivity index is 4.65. The lowest BCUT2D eigenvalue weighted by atomic mass is 9.79. The van der Waals surface area contributed by atoms with Crippen LogP contribution < -0.4 is 0 Å². The second-order valence-electron chi connectivity index (χ2n) is 6.37. The van der Waals surface area contributed by atoms with Crippen LogP contribution in [0.1, 0.15) is 55.4 Å². The molecule has 96 valence electrons. The number of ether oxygens (including phenoxy) is 1. The molecular formula is C15H30O. The first-order valence-corrected chi connectivity index (χ1v) is 6.46. The van der Waals surface area contributed by atoms with E-state index < -0.39 is 0 Å². The maximum atomic E-state index is 6.10. The van der Waals surface area contributed by atoms with E-state index in [2.05, 4.69) is 62.0 Å². The minimum Gasteiger partial charge on any atom is -0.494 e. The molecule has 0 radical (unpaired) electrons. The van der Waals surface area contributed by atoms with E-state index in [1.165, 1.54) is 0 Å². The van der Waals surface area contributed by atoms with E-state index in [4.69, 9.17) is 4.74 Å². The smallest absolute Gasteiger partial charge is 0.103 e. The van der Waals surface area contributed by atoms with Crippen LogP contribution in [0.15, 0.2) is 12.3 Å². The molecule has 0 spiro atoms. The monoisotopic (exact) mass is 226 g/mol. The van der Waals surface area contributed by atoms with Gasteiger partial charge in [0.2, 0.25) is 0 Å². The lowest BCUT2D eigenvalue weighted by Gasteiger charge is -2.36. The number of rotatable bonds is 6. The van der Waals surface area contributed by atoms with Gasteiger partial charge in [-0.05, 0) is 17.8 Å². The van der Waals surface area contributed by atoms with Crippen molar-refractivity contribution in [1.82, 2.24) is 0 Å². The summed E-state index contributed by atoms with van der Waals surface area (Å²) in [5, 5.41) is 0. The summed E-state index contributed by atoms with van der Waals surface area (Å²) in [5.41, 5.74) is 0.0437. The van der Waals surface area contributed by atoms with Gasteiger partial charge in [-0.25, -0.2) is 0 Å². The highest BCUT2D eigenvalue weighted by Gasteiger charge is 2.30. The zero-order valence-corrected chi connectivity index (χ0v) is 12.4. The largest absolute Gasteiger partial charge is 0.494 e. The average molecular weight is 226 g/mol. The maximum absolute atomic E-state index is 6.10. The van der Waals surface area contributed by atoms with Gasteiger partial charge in [0.25, 0.3) is 0 Å². The van der Waals surface area contributed by atoms with Crippen LogP contribution in [0.2, 0.25) is 0 Å². The van der Waals surface area contributed by atoms with Crippen molar-refractivity contribution in [2.45, 2.75) is 61.5 Å². The van der Waals surface area contributed by atoms with Gasteiger partial charge in [0.05, 0.1) is 5.76 Å². The van der Waals surface area contributed by atoms with Crippen LogP contribution in [-0.2, 0) is 4.74 Å². The van der Waals surface area contributed by atoms with E-state index in [0.717, 1.165) is 5.76 Å². The van der Waals surface area contributed by atoms with Crippen LogP contribution in [0, 0.1) is 23.2 Å². The van der Waals surface area contributed by atoms with E-state index >= 15 is 0 Å². The molecule has 0 atom stereocenters. The van der Waals surface area contributed by atoms with E-state index in [-0.39, 0.29) is 11.5 Å². The van der Waals surface area contributed by atoms with Gasteiger partial charge in [-0.3, -0.25) is 0 Å². The van der Waals surface area contributed by atoms with Crippen LogP contribution >= 0.6 is 0 Å². The normalized spacial score (nSPS) is 13.0. The van der Waals surface area contributed by atoms with Gasteiger partial charge in [-0.15, -0.1) is 0 Å². The molecule has 0 N–H and O–H groups in total. The highest BCUT2D eigenvalue weighted by Crippen LogP contribution is 2.36. The molecule has 0 saturated carbocycles. The second kappa shape index (κ2) is 5.75. The third kappa shape index (κ3) is 3.84. The van der Waals surface area contributed by atoms with Crippen molar-refractivity contribution in [3.05, 3.63) is 12.3 Å². The number of hydrogen-bond acceptors (Lipinski definition) is 1. The quantitative estimate of drug-likeness (QED) is 0.587. The van der Waals surface area contributed by atoms with Gasteiger partial charge in [0, 0.05) is 5.41 Å². The minimum absolute atomic E-state index is 0.0437. The molecule has 0 heterocycles. The van der Waals surface area contributed by atoms with E-state index in [1.807, 2.05) is 0 Å². The molecule has 0 bridgehead atoms. The SMILES string of the molecule is C=C(OC(C(C)C)C(C)C)C(C)(C)C(C)C. The zero-order chi connectivity index (χ0) is 13.1. The molecule has 0 aromatic heterocycles. The van der Waals surface area contributed by atoms with Crippen molar-refractivity contribution >= 4 is 0 Å². The Labute approximate surface area is 102 Å². The van der Waals surface area contributed by atoms with Gasteiger partial charge in [-0.1, -0.05) is 62.0 Å². The molecule has 0 amide bonds. The summed E-state index contributed by atoms with van der Waals surface area (Å²) < 4.78 is 6.10. The Kier molecular flexibility index (Phi) is 5.58. The van der Waals surface area contributed by atoms with Crippen molar-refractivity contribution in [1.29, 1.82) is 0 Å². The minimum atomic E-state index is 0.0437. The third-order valence-corrected chi connectivity index (χ3v) is 3.75.